The lowest BCUT2D eigenvalue weighted by molar-refractivity contribution is -0.119. The second-order valence-electron chi connectivity index (χ2n) is 7.79. The number of carbonyl (C=O) groups is 2. The highest BCUT2D eigenvalue weighted by atomic mass is 16.4. The standard InChI is InChI=1S/C26H24N4O3/c1-16-4-7-22(26-30-29-18(3)33-26)14-24(16)20-8-10-21(11-9-20)25(32)28-23-12-5-19(6-13-23)15-27-17(2)31/h4-14H,15H2,1-3H3,(H,27,31)(H,28,32). The van der Waals surface area contributed by atoms with Gasteiger partial charge < -0.3 is 15.1 Å². The summed E-state index contributed by atoms with van der Waals surface area (Å²) in [6.45, 7) is 5.73. The maximum atomic E-state index is 12.7. The van der Waals surface area contributed by atoms with Crippen molar-refractivity contribution in [1.82, 2.24) is 15.5 Å². The van der Waals surface area contributed by atoms with Crippen LogP contribution in [0.4, 0.5) is 5.69 Å². The van der Waals surface area contributed by atoms with Crippen molar-refractivity contribution in [2.45, 2.75) is 27.3 Å². The van der Waals surface area contributed by atoms with E-state index in [1.807, 2.05) is 61.5 Å². The largest absolute Gasteiger partial charge is 0.421 e. The van der Waals surface area contributed by atoms with Crippen molar-refractivity contribution < 1.29 is 14.0 Å². The van der Waals surface area contributed by atoms with Gasteiger partial charge in [0.25, 0.3) is 5.91 Å². The van der Waals surface area contributed by atoms with Gasteiger partial charge in [-0.3, -0.25) is 9.59 Å². The van der Waals surface area contributed by atoms with Crippen LogP contribution >= 0.6 is 0 Å². The molecule has 0 aliphatic carbocycles. The Balaban J connectivity index is 1.47. The Kier molecular flexibility index (Phi) is 6.31. The van der Waals surface area contributed by atoms with Gasteiger partial charge in [0.2, 0.25) is 17.7 Å². The number of hydrogen-bond acceptors (Lipinski definition) is 5. The normalized spacial score (nSPS) is 10.6. The molecule has 0 saturated heterocycles. The first-order valence-electron chi connectivity index (χ1n) is 10.6. The van der Waals surface area contributed by atoms with E-state index in [9.17, 15) is 9.59 Å². The zero-order valence-electron chi connectivity index (χ0n) is 18.7. The molecule has 33 heavy (non-hydrogen) atoms. The minimum absolute atomic E-state index is 0.0810. The molecule has 2 N–H and O–H groups in total. The molecule has 7 nitrogen and oxygen atoms in total. The van der Waals surface area contributed by atoms with Gasteiger partial charge in [0.1, 0.15) is 0 Å². The molecule has 4 rings (SSSR count). The van der Waals surface area contributed by atoms with Crippen molar-refractivity contribution in [1.29, 1.82) is 0 Å². The van der Waals surface area contributed by atoms with E-state index >= 15 is 0 Å². The van der Waals surface area contributed by atoms with Gasteiger partial charge in [-0.15, -0.1) is 10.2 Å². The van der Waals surface area contributed by atoms with Gasteiger partial charge in [0.15, 0.2) is 0 Å². The lowest BCUT2D eigenvalue weighted by Gasteiger charge is -2.10. The Morgan fingerprint density at radius 1 is 0.879 bits per heavy atom. The van der Waals surface area contributed by atoms with E-state index in [4.69, 9.17) is 4.42 Å². The number of rotatable bonds is 6. The van der Waals surface area contributed by atoms with Crippen LogP contribution in [0.1, 0.15) is 34.3 Å². The number of aromatic nitrogens is 2. The predicted octanol–water partition coefficient (Wildman–Crippen LogP) is 4.91. The van der Waals surface area contributed by atoms with Crippen molar-refractivity contribution in [2.24, 2.45) is 0 Å². The number of aryl methyl sites for hydroxylation is 2. The Morgan fingerprint density at radius 3 is 2.21 bits per heavy atom. The first kappa shape index (κ1) is 22.0. The highest BCUT2D eigenvalue weighted by molar-refractivity contribution is 6.04. The van der Waals surface area contributed by atoms with Gasteiger partial charge in [-0.25, -0.2) is 0 Å². The monoisotopic (exact) mass is 440 g/mol. The Labute approximate surface area is 191 Å². The summed E-state index contributed by atoms with van der Waals surface area (Å²) < 4.78 is 5.55. The topological polar surface area (TPSA) is 97.1 Å². The first-order valence-corrected chi connectivity index (χ1v) is 10.6. The van der Waals surface area contributed by atoms with Crippen molar-refractivity contribution in [3.8, 4) is 22.6 Å². The van der Waals surface area contributed by atoms with Gasteiger partial charge in [-0.05, 0) is 65.6 Å². The molecule has 7 heteroatoms. The average molecular weight is 441 g/mol. The maximum Gasteiger partial charge on any atom is 0.255 e. The zero-order valence-corrected chi connectivity index (χ0v) is 18.7. The molecule has 0 radical (unpaired) electrons. The van der Waals surface area contributed by atoms with E-state index in [1.54, 1.807) is 19.1 Å². The van der Waals surface area contributed by atoms with Gasteiger partial charge in [0.05, 0.1) is 0 Å². The van der Waals surface area contributed by atoms with E-state index < -0.39 is 0 Å². The summed E-state index contributed by atoms with van der Waals surface area (Å²) in [5.41, 5.74) is 6.18. The highest BCUT2D eigenvalue weighted by Crippen LogP contribution is 2.29. The van der Waals surface area contributed by atoms with Crippen molar-refractivity contribution in [3.05, 3.63) is 89.3 Å². The number of amides is 2. The smallest absolute Gasteiger partial charge is 0.255 e. The van der Waals surface area contributed by atoms with Crippen molar-refractivity contribution >= 4 is 17.5 Å². The van der Waals surface area contributed by atoms with Crippen LogP contribution in [0, 0.1) is 13.8 Å². The van der Waals surface area contributed by atoms with Crippen LogP contribution in [0.25, 0.3) is 22.6 Å². The Morgan fingerprint density at radius 2 is 1.58 bits per heavy atom. The quantitative estimate of drug-likeness (QED) is 0.444. The molecule has 0 fully saturated rings. The maximum absolute atomic E-state index is 12.7. The fourth-order valence-electron chi connectivity index (χ4n) is 3.42. The Hall–Kier alpha value is -4.26. The molecule has 0 atom stereocenters. The van der Waals surface area contributed by atoms with E-state index in [0.717, 1.165) is 27.8 Å². The summed E-state index contributed by atoms with van der Waals surface area (Å²) in [4.78, 5) is 23.7. The van der Waals surface area contributed by atoms with Gasteiger partial charge in [-0.2, -0.15) is 0 Å². The highest BCUT2D eigenvalue weighted by Gasteiger charge is 2.11. The third kappa shape index (κ3) is 5.33. The Bertz CT molecular complexity index is 1290. The molecular weight excluding hydrogens is 416 g/mol. The van der Waals surface area contributed by atoms with Crippen LogP contribution in [0.15, 0.2) is 71.1 Å². The lowest BCUT2D eigenvalue weighted by atomic mass is 9.97. The molecular formula is C26H24N4O3. The van der Waals surface area contributed by atoms with E-state index in [-0.39, 0.29) is 11.8 Å². The summed E-state index contributed by atoms with van der Waals surface area (Å²) in [5.74, 6) is 0.725. The molecule has 0 bridgehead atoms. The number of carbonyl (C=O) groups excluding carboxylic acids is 2. The van der Waals surface area contributed by atoms with Crippen LogP contribution in [0.3, 0.4) is 0 Å². The summed E-state index contributed by atoms with van der Waals surface area (Å²) in [6, 6.07) is 20.8. The molecule has 1 aromatic heterocycles. The average Bonchev–Trinajstić information content (AvgIpc) is 3.25. The van der Waals surface area contributed by atoms with Crippen LogP contribution in [0.5, 0.6) is 0 Å². The second-order valence-corrected chi connectivity index (χ2v) is 7.79. The fourth-order valence-corrected chi connectivity index (χ4v) is 3.42. The van der Waals surface area contributed by atoms with Crippen molar-refractivity contribution in [2.75, 3.05) is 5.32 Å². The number of nitrogens with one attached hydrogen (secondary N) is 2. The van der Waals surface area contributed by atoms with Crippen LogP contribution < -0.4 is 10.6 Å². The predicted molar refractivity (Wildman–Crippen MR) is 127 cm³/mol. The third-order valence-corrected chi connectivity index (χ3v) is 5.22. The lowest BCUT2D eigenvalue weighted by Crippen LogP contribution is -2.18. The van der Waals surface area contributed by atoms with Crippen molar-refractivity contribution in [3.63, 3.8) is 0 Å². The summed E-state index contributed by atoms with van der Waals surface area (Å²) in [5, 5.41) is 13.6. The molecule has 2 amide bonds. The molecule has 3 aromatic carbocycles. The molecule has 166 valence electrons. The first-order chi connectivity index (χ1) is 15.9. The summed E-state index contributed by atoms with van der Waals surface area (Å²) in [7, 11) is 0. The number of benzene rings is 3. The molecule has 0 saturated carbocycles. The number of anilines is 1. The second kappa shape index (κ2) is 9.48. The molecule has 0 unspecified atom stereocenters. The van der Waals surface area contributed by atoms with Gasteiger partial charge >= 0.3 is 0 Å². The van der Waals surface area contributed by atoms with Crippen LogP contribution in [-0.4, -0.2) is 22.0 Å². The molecule has 0 aliphatic heterocycles. The van der Waals surface area contributed by atoms with E-state index in [1.165, 1.54) is 6.92 Å². The molecule has 0 spiro atoms. The molecule has 1 heterocycles. The SMILES string of the molecule is CC(=O)NCc1ccc(NC(=O)c2ccc(-c3cc(-c4nnc(C)o4)ccc3C)cc2)cc1. The number of nitrogens with zero attached hydrogens (tertiary/aromatic N) is 2. The number of hydrogen-bond donors (Lipinski definition) is 2. The molecule has 0 aliphatic rings. The van der Waals surface area contributed by atoms with Gasteiger partial charge in [-0.1, -0.05) is 30.3 Å². The van der Waals surface area contributed by atoms with Crippen LogP contribution in [0.2, 0.25) is 0 Å². The summed E-state index contributed by atoms with van der Waals surface area (Å²) in [6.07, 6.45) is 0. The van der Waals surface area contributed by atoms with E-state index in [0.29, 0.717) is 29.6 Å². The molecule has 4 aromatic rings. The van der Waals surface area contributed by atoms with Crippen LogP contribution in [-0.2, 0) is 11.3 Å². The minimum atomic E-state index is -0.192. The van der Waals surface area contributed by atoms with Gasteiger partial charge in [0, 0.05) is 37.2 Å². The zero-order chi connectivity index (χ0) is 23.4. The summed E-state index contributed by atoms with van der Waals surface area (Å²) >= 11 is 0. The third-order valence-electron chi connectivity index (χ3n) is 5.22. The van der Waals surface area contributed by atoms with E-state index in [2.05, 4.69) is 20.8 Å². The fraction of sp³-hybridized carbons (Fsp3) is 0.154. The minimum Gasteiger partial charge on any atom is -0.421 e.